The van der Waals surface area contributed by atoms with Crippen molar-refractivity contribution in [3.63, 3.8) is 0 Å². The summed E-state index contributed by atoms with van der Waals surface area (Å²) >= 11 is 11.6. The Kier molecular flexibility index (Phi) is 4.04. The van der Waals surface area contributed by atoms with Crippen molar-refractivity contribution >= 4 is 34.8 Å². The quantitative estimate of drug-likeness (QED) is 0.719. The highest BCUT2D eigenvalue weighted by molar-refractivity contribution is 6.41. The molecule has 0 saturated carbocycles. The second-order valence-corrected chi connectivity index (χ2v) is 5.13. The van der Waals surface area contributed by atoms with Gasteiger partial charge in [-0.2, -0.15) is 5.10 Å². The van der Waals surface area contributed by atoms with Crippen molar-refractivity contribution in [3.8, 4) is 11.4 Å². The van der Waals surface area contributed by atoms with Crippen LogP contribution in [0.4, 0.5) is 5.69 Å². The summed E-state index contributed by atoms with van der Waals surface area (Å²) in [6, 6.07) is 8.68. The fourth-order valence-corrected chi connectivity index (χ4v) is 2.11. The zero-order valence-electron chi connectivity index (χ0n) is 11.0. The zero-order valence-corrected chi connectivity index (χ0v) is 12.6. The van der Waals surface area contributed by atoms with Crippen molar-refractivity contribution in [3.05, 3.63) is 58.6 Å². The van der Waals surface area contributed by atoms with Gasteiger partial charge in [0.05, 0.1) is 10.6 Å². The van der Waals surface area contributed by atoms with E-state index in [0.717, 1.165) is 5.56 Å². The summed E-state index contributed by atoms with van der Waals surface area (Å²) in [5, 5.41) is 9.71. The smallest absolute Gasteiger partial charge is 0.257 e. The molecule has 0 unspecified atom stereocenters. The van der Waals surface area contributed by atoms with Crippen molar-refractivity contribution in [2.75, 3.05) is 5.32 Å². The van der Waals surface area contributed by atoms with E-state index in [9.17, 15) is 4.79 Å². The topological polar surface area (TPSA) is 83.6 Å². The molecule has 0 bridgehead atoms. The fraction of sp³-hybridized carbons (Fsp3) is 0. The van der Waals surface area contributed by atoms with Crippen molar-refractivity contribution in [2.24, 2.45) is 0 Å². The van der Waals surface area contributed by atoms with Crippen LogP contribution in [0.3, 0.4) is 0 Å². The normalized spacial score (nSPS) is 10.5. The lowest BCUT2D eigenvalue weighted by Crippen LogP contribution is -2.12. The van der Waals surface area contributed by atoms with Crippen LogP contribution in [0.5, 0.6) is 0 Å². The molecule has 2 heterocycles. The molecule has 0 spiro atoms. The van der Waals surface area contributed by atoms with E-state index in [0.29, 0.717) is 17.1 Å². The van der Waals surface area contributed by atoms with Crippen LogP contribution < -0.4 is 5.32 Å². The van der Waals surface area contributed by atoms with Gasteiger partial charge in [0, 0.05) is 17.4 Å². The second kappa shape index (κ2) is 6.13. The van der Waals surface area contributed by atoms with Gasteiger partial charge in [0.1, 0.15) is 11.5 Å². The number of carbonyl (C=O) groups is 1. The standard InChI is InChI=1S/C14H9Cl2N5O/c15-11-5-9(6-17-12(11)16)14(22)20-10-3-1-2-8(4-10)13-18-7-19-21-13/h1-7H,(H,20,22)(H,18,19,21). The number of halogens is 2. The van der Waals surface area contributed by atoms with Gasteiger partial charge in [-0.25, -0.2) is 9.97 Å². The Balaban J connectivity index is 1.82. The van der Waals surface area contributed by atoms with Crippen LogP contribution >= 0.6 is 23.2 Å². The Morgan fingerprint density at radius 1 is 1.18 bits per heavy atom. The second-order valence-electron chi connectivity index (χ2n) is 4.37. The minimum absolute atomic E-state index is 0.158. The number of anilines is 1. The molecule has 1 amide bonds. The first-order valence-corrected chi connectivity index (χ1v) is 6.97. The summed E-state index contributed by atoms with van der Waals surface area (Å²) in [4.78, 5) is 20.1. The third-order valence-corrected chi connectivity index (χ3v) is 3.55. The molecule has 0 atom stereocenters. The van der Waals surface area contributed by atoms with E-state index in [2.05, 4.69) is 25.5 Å². The molecular formula is C14H9Cl2N5O. The largest absolute Gasteiger partial charge is 0.322 e. The summed E-state index contributed by atoms with van der Waals surface area (Å²) in [6.07, 6.45) is 2.78. The third-order valence-electron chi connectivity index (χ3n) is 2.87. The average molecular weight is 334 g/mol. The number of aromatic amines is 1. The minimum atomic E-state index is -0.333. The number of benzene rings is 1. The number of hydrogen-bond acceptors (Lipinski definition) is 4. The number of pyridine rings is 1. The number of rotatable bonds is 3. The number of nitrogens with one attached hydrogen (secondary N) is 2. The lowest BCUT2D eigenvalue weighted by molar-refractivity contribution is 0.102. The fourth-order valence-electron chi connectivity index (χ4n) is 1.84. The molecule has 0 aliphatic carbocycles. The first-order valence-electron chi connectivity index (χ1n) is 6.21. The third kappa shape index (κ3) is 3.08. The molecule has 110 valence electrons. The van der Waals surface area contributed by atoms with Crippen molar-refractivity contribution in [1.82, 2.24) is 20.2 Å². The summed E-state index contributed by atoms with van der Waals surface area (Å²) < 4.78 is 0. The molecule has 8 heteroatoms. The highest BCUT2D eigenvalue weighted by Gasteiger charge is 2.10. The van der Waals surface area contributed by atoms with Crippen molar-refractivity contribution in [2.45, 2.75) is 0 Å². The van der Waals surface area contributed by atoms with Crippen LogP contribution in [0.1, 0.15) is 10.4 Å². The molecular weight excluding hydrogens is 325 g/mol. The molecule has 1 aromatic carbocycles. The van der Waals surface area contributed by atoms with Gasteiger partial charge < -0.3 is 5.32 Å². The van der Waals surface area contributed by atoms with E-state index in [4.69, 9.17) is 23.2 Å². The van der Waals surface area contributed by atoms with E-state index in [1.807, 2.05) is 6.07 Å². The maximum absolute atomic E-state index is 12.2. The van der Waals surface area contributed by atoms with Gasteiger partial charge in [-0.05, 0) is 18.2 Å². The maximum atomic E-state index is 12.2. The van der Waals surface area contributed by atoms with Crippen LogP contribution in [-0.4, -0.2) is 26.1 Å². The molecule has 3 aromatic rings. The van der Waals surface area contributed by atoms with Gasteiger partial charge in [-0.1, -0.05) is 35.3 Å². The van der Waals surface area contributed by atoms with Crippen LogP contribution in [0, 0.1) is 0 Å². The molecule has 3 rings (SSSR count). The number of H-pyrrole nitrogens is 1. The molecule has 0 fully saturated rings. The first-order chi connectivity index (χ1) is 10.6. The Labute approximate surface area is 135 Å². The molecule has 2 N–H and O–H groups in total. The number of nitrogens with zero attached hydrogens (tertiary/aromatic N) is 3. The summed E-state index contributed by atoms with van der Waals surface area (Å²) in [5.41, 5.74) is 1.74. The Hall–Kier alpha value is -2.44. The lowest BCUT2D eigenvalue weighted by atomic mass is 10.2. The Morgan fingerprint density at radius 2 is 2.05 bits per heavy atom. The monoisotopic (exact) mass is 333 g/mol. The van der Waals surface area contributed by atoms with Gasteiger partial charge >= 0.3 is 0 Å². The maximum Gasteiger partial charge on any atom is 0.257 e. The van der Waals surface area contributed by atoms with Gasteiger partial charge in [-0.15, -0.1) is 0 Å². The number of hydrogen-bond donors (Lipinski definition) is 2. The van der Waals surface area contributed by atoms with Crippen LogP contribution in [0.15, 0.2) is 42.9 Å². The van der Waals surface area contributed by atoms with Crippen molar-refractivity contribution in [1.29, 1.82) is 0 Å². The highest BCUT2D eigenvalue weighted by atomic mass is 35.5. The average Bonchev–Trinajstić information content (AvgIpc) is 3.04. The minimum Gasteiger partial charge on any atom is -0.322 e. The highest BCUT2D eigenvalue weighted by Crippen LogP contribution is 2.22. The van der Waals surface area contributed by atoms with Crippen LogP contribution in [0.25, 0.3) is 11.4 Å². The summed E-state index contributed by atoms with van der Waals surface area (Å²) in [5.74, 6) is 0.285. The molecule has 2 aromatic heterocycles. The van der Waals surface area contributed by atoms with Crippen molar-refractivity contribution < 1.29 is 4.79 Å². The van der Waals surface area contributed by atoms with E-state index in [1.165, 1.54) is 18.6 Å². The Morgan fingerprint density at radius 3 is 2.77 bits per heavy atom. The molecule has 6 nitrogen and oxygen atoms in total. The predicted molar refractivity (Wildman–Crippen MR) is 84.0 cm³/mol. The van der Waals surface area contributed by atoms with E-state index in [-0.39, 0.29) is 16.1 Å². The Bertz CT molecular complexity index is 820. The van der Waals surface area contributed by atoms with Crippen LogP contribution in [-0.2, 0) is 0 Å². The molecule has 22 heavy (non-hydrogen) atoms. The number of aromatic nitrogens is 4. The van der Waals surface area contributed by atoms with E-state index in [1.54, 1.807) is 18.2 Å². The number of carbonyl (C=O) groups excluding carboxylic acids is 1. The van der Waals surface area contributed by atoms with Gasteiger partial charge in [0.2, 0.25) is 0 Å². The van der Waals surface area contributed by atoms with E-state index >= 15 is 0 Å². The van der Waals surface area contributed by atoms with Gasteiger partial charge in [0.25, 0.3) is 5.91 Å². The predicted octanol–water partition coefficient (Wildman–Crippen LogP) is 3.43. The van der Waals surface area contributed by atoms with Gasteiger partial charge in [-0.3, -0.25) is 9.89 Å². The molecule has 0 radical (unpaired) electrons. The number of amides is 1. The first kappa shape index (κ1) is 14.5. The van der Waals surface area contributed by atoms with E-state index < -0.39 is 0 Å². The zero-order chi connectivity index (χ0) is 15.5. The lowest BCUT2D eigenvalue weighted by Gasteiger charge is -2.07. The SMILES string of the molecule is O=C(Nc1cccc(-c2ncn[nH]2)c1)c1cnc(Cl)c(Cl)c1. The molecule has 0 saturated heterocycles. The summed E-state index contributed by atoms with van der Waals surface area (Å²) in [6.45, 7) is 0. The van der Waals surface area contributed by atoms with Crippen LogP contribution in [0.2, 0.25) is 10.2 Å². The molecule has 0 aliphatic rings. The molecule has 0 aliphatic heterocycles. The van der Waals surface area contributed by atoms with Gasteiger partial charge in [0.15, 0.2) is 5.82 Å². The summed E-state index contributed by atoms with van der Waals surface area (Å²) in [7, 11) is 0.